The van der Waals surface area contributed by atoms with Crippen LogP contribution in [0.5, 0.6) is 0 Å². The number of thioether (sulfide) groups is 2. The molecule has 0 fully saturated rings. The molecular weight excluding hydrogens is 138 g/mol. The van der Waals surface area contributed by atoms with E-state index in [4.69, 9.17) is 5.73 Å². The normalized spacial score (nSPS) is 13.9. The molecule has 0 aliphatic rings. The molecule has 0 aromatic rings. The maximum absolute atomic E-state index is 5.38. The highest BCUT2D eigenvalue weighted by molar-refractivity contribution is 8.15. The van der Waals surface area contributed by atoms with E-state index in [1.54, 1.807) is 0 Å². The van der Waals surface area contributed by atoms with Gasteiger partial charge in [-0.1, -0.05) is 6.92 Å². The predicted octanol–water partition coefficient (Wildman–Crippen LogP) is 1.39. The third-order valence-corrected chi connectivity index (χ3v) is 3.05. The quantitative estimate of drug-likeness (QED) is 0.615. The topological polar surface area (TPSA) is 26.0 Å². The zero-order chi connectivity index (χ0) is 6.41. The Morgan fingerprint density at radius 3 is 2.62 bits per heavy atom. The SMILES string of the molecule is CSCSC(C)CN. The number of rotatable bonds is 4. The van der Waals surface area contributed by atoms with Crippen molar-refractivity contribution in [1.29, 1.82) is 0 Å². The van der Waals surface area contributed by atoms with Crippen molar-refractivity contribution in [2.45, 2.75) is 12.2 Å². The first kappa shape index (κ1) is 8.66. The minimum Gasteiger partial charge on any atom is -0.329 e. The highest BCUT2D eigenvalue weighted by Gasteiger charge is 1.95. The third-order valence-electron chi connectivity index (χ3n) is 0.802. The van der Waals surface area contributed by atoms with Crippen LogP contribution in [0.4, 0.5) is 0 Å². The summed E-state index contributed by atoms with van der Waals surface area (Å²) in [6, 6.07) is 0. The molecule has 1 atom stereocenters. The van der Waals surface area contributed by atoms with Crippen molar-refractivity contribution >= 4 is 23.5 Å². The first-order valence-electron chi connectivity index (χ1n) is 2.62. The van der Waals surface area contributed by atoms with Gasteiger partial charge in [-0.2, -0.15) is 11.8 Å². The average Bonchev–Trinajstić information content (AvgIpc) is 1.83. The van der Waals surface area contributed by atoms with E-state index in [1.165, 1.54) is 5.08 Å². The van der Waals surface area contributed by atoms with Crippen LogP contribution in [0.15, 0.2) is 0 Å². The molecule has 0 heterocycles. The summed E-state index contributed by atoms with van der Waals surface area (Å²) in [6.07, 6.45) is 2.11. The Labute approximate surface area is 59.8 Å². The summed E-state index contributed by atoms with van der Waals surface area (Å²) in [6.45, 7) is 2.95. The van der Waals surface area contributed by atoms with Gasteiger partial charge >= 0.3 is 0 Å². The van der Waals surface area contributed by atoms with Gasteiger partial charge in [0.2, 0.25) is 0 Å². The summed E-state index contributed by atoms with van der Waals surface area (Å²) >= 11 is 3.77. The van der Waals surface area contributed by atoms with E-state index < -0.39 is 0 Å². The van der Waals surface area contributed by atoms with Crippen molar-refractivity contribution in [3.05, 3.63) is 0 Å². The molecule has 0 bridgehead atoms. The van der Waals surface area contributed by atoms with E-state index in [0.29, 0.717) is 5.25 Å². The van der Waals surface area contributed by atoms with Crippen LogP contribution in [-0.4, -0.2) is 23.1 Å². The smallest absolute Gasteiger partial charge is 0.0392 e. The highest BCUT2D eigenvalue weighted by Crippen LogP contribution is 2.13. The van der Waals surface area contributed by atoms with Crippen LogP contribution in [0, 0.1) is 0 Å². The molecule has 0 saturated heterocycles. The molecule has 0 aromatic carbocycles. The van der Waals surface area contributed by atoms with Gasteiger partial charge < -0.3 is 5.73 Å². The molecule has 3 heteroatoms. The second-order valence-corrected chi connectivity index (χ2v) is 4.28. The van der Waals surface area contributed by atoms with Crippen molar-refractivity contribution in [2.24, 2.45) is 5.73 Å². The van der Waals surface area contributed by atoms with Crippen molar-refractivity contribution in [2.75, 3.05) is 17.9 Å². The van der Waals surface area contributed by atoms with Crippen molar-refractivity contribution in [3.8, 4) is 0 Å². The second-order valence-electron chi connectivity index (χ2n) is 1.62. The van der Waals surface area contributed by atoms with E-state index in [0.717, 1.165) is 6.54 Å². The van der Waals surface area contributed by atoms with Crippen LogP contribution < -0.4 is 5.73 Å². The molecule has 8 heavy (non-hydrogen) atoms. The Morgan fingerprint density at radius 1 is 1.62 bits per heavy atom. The summed E-state index contributed by atoms with van der Waals surface area (Å²) < 4.78 is 0. The van der Waals surface area contributed by atoms with E-state index in [9.17, 15) is 0 Å². The van der Waals surface area contributed by atoms with Gasteiger partial charge in [-0.05, 0) is 6.26 Å². The number of hydrogen-bond donors (Lipinski definition) is 1. The molecule has 0 aromatic heterocycles. The van der Waals surface area contributed by atoms with Crippen LogP contribution in [-0.2, 0) is 0 Å². The predicted molar refractivity (Wildman–Crippen MR) is 44.5 cm³/mol. The molecule has 1 unspecified atom stereocenters. The molecule has 0 radical (unpaired) electrons. The molecule has 0 aliphatic heterocycles. The Balaban J connectivity index is 2.86. The monoisotopic (exact) mass is 151 g/mol. The summed E-state index contributed by atoms with van der Waals surface area (Å²) in [7, 11) is 0. The van der Waals surface area contributed by atoms with Gasteiger partial charge in [-0.3, -0.25) is 0 Å². The molecule has 0 saturated carbocycles. The molecule has 2 N–H and O–H groups in total. The van der Waals surface area contributed by atoms with Gasteiger partial charge in [0.25, 0.3) is 0 Å². The summed E-state index contributed by atoms with van der Waals surface area (Å²) in [5.41, 5.74) is 5.38. The fourth-order valence-electron chi connectivity index (χ4n) is 0.252. The second kappa shape index (κ2) is 5.79. The summed E-state index contributed by atoms with van der Waals surface area (Å²) in [5.74, 6) is 0. The highest BCUT2D eigenvalue weighted by atomic mass is 32.2. The van der Waals surface area contributed by atoms with E-state index in [-0.39, 0.29) is 0 Å². The maximum Gasteiger partial charge on any atom is 0.0392 e. The van der Waals surface area contributed by atoms with Gasteiger partial charge in [0.05, 0.1) is 0 Å². The van der Waals surface area contributed by atoms with Crippen LogP contribution in [0.3, 0.4) is 0 Å². The molecule has 1 nitrogen and oxygen atoms in total. The lowest BCUT2D eigenvalue weighted by Gasteiger charge is -2.04. The first-order valence-corrected chi connectivity index (χ1v) is 5.06. The molecule has 50 valence electrons. The summed E-state index contributed by atoms with van der Waals surface area (Å²) in [5, 5.41) is 1.79. The fraction of sp³-hybridized carbons (Fsp3) is 1.00. The van der Waals surface area contributed by atoms with E-state index in [2.05, 4.69) is 13.2 Å². The standard InChI is InChI=1S/C5H13NS2/c1-5(3-6)8-4-7-2/h5H,3-4,6H2,1-2H3. The van der Waals surface area contributed by atoms with E-state index in [1.807, 2.05) is 23.5 Å². The molecule has 0 amide bonds. The Morgan fingerprint density at radius 2 is 2.25 bits per heavy atom. The molecule has 0 spiro atoms. The molecule has 0 aliphatic carbocycles. The number of nitrogens with two attached hydrogens (primary N) is 1. The molecular formula is C5H13NS2. The van der Waals surface area contributed by atoms with Crippen molar-refractivity contribution < 1.29 is 0 Å². The van der Waals surface area contributed by atoms with Crippen LogP contribution in [0.2, 0.25) is 0 Å². The Hall–Kier alpha value is 0.660. The van der Waals surface area contributed by atoms with Gasteiger partial charge in [0.15, 0.2) is 0 Å². The minimum atomic E-state index is 0.627. The lowest BCUT2D eigenvalue weighted by atomic mass is 10.5. The van der Waals surface area contributed by atoms with Gasteiger partial charge in [-0.15, -0.1) is 11.8 Å². The lowest BCUT2D eigenvalue weighted by Crippen LogP contribution is -2.12. The van der Waals surface area contributed by atoms with Gasteiger partial charge in [0.1, 0.15) is 0 Å². The van der Waals surface area contributed by atoms with Crippen LogP contribution in [0.1, 0.15) is 6.92 Å². The zero-order valence-electron chi connectivity index (χ0n) is 5.39. The van der Waals surface area contributed by atoms with Crippen molar-refractivity contribution in [1.82, 2.24) is 0 Å². The third kappa shape index (κ3) is 4.81. The Kier molecular flexibility index (Phi) is 6.27. The molecule has 0 rings (SSSR count). The van der Waals surface area contributed by atoms with Crippen molar-refractivity contribution in [3.63, 3.8) is 0 Å². The van der Waals surface area contributed by atoms with Crippen LogP contribution >= 0.6 is 23.5 Å². The Bertz CT molecular complexity index is 49.7. The van der Waals surface area contributed by atoms with E-state index >= 15 is 0 Å². The van der Waals surface area contributed by atoms with Crippen LogP contribution in [0.25, 0.3) is 0 Å². The first-order chi connectivity index (χ1) is 3.81. The summed E-state index contributed by atoms with van der Waals surface area (Å²) in [4.78, 5) is 0. The average molecular weight is 151 g/mol. The zero-order valence-corrected chi connectivity index (χ0v) is 7.02. The lowest BCUT2D eigenvalue weighted by molar-refractivity contribution is 0.954. The largest absolute Gasteiger partial charge is 0.329 e. The number of hydrogen-bond acceptors (Lipinski definition) is 3. The van der Waals surface area contributed by atoms with Gasteiger partial charge in [0, 0.05) is 16.9 Å². The maximum atomic E-state index is 5.38. The fourth-order valence-corrected chi connectivity index (χ4v) is 1.86. The minimum absolute atomic E-state index is 0.627. The van der Waals surface area contributed by atoms with Gasteiger partial charge in [-0.25, -0.2) is 0 Å².